The number of benzene rings is 1. The van der Waals surface area contributed by atoms with Crippen molar-refractivity contribution in [3.05, 3.63) is 102 Å². The van der Waals surface area contributed by atoms with Crippen LogP contribution < -0.4 is 15.5 Å². The number of aryl methyl sites for hydroxylation is 1. The molecule has 4 aromatic rings. The summed E-state index contributed by atoms with van der Waals surface area (Å²) in [6.45, 7) is 4.45. The monoisotopic (exact) mass is 485 g/mol. The smallest absolute Gasteiger partial charge is 0.224 e. The predicted octanol–water partition coefficient (Wildman–Crippen LogP) is 5.36. The summed E-state index contributed by atoms with van der Waals surface area (Å²) in [5.41, 5.74) is 4.72. The summed E-state index contributed by atoms with van der Waals surface area (Å²) < 4.78 is 7.80. The fraction of sp³-hybridized carbons (Fsp3) is 0.222. The van der Waals surface area contributed by atoms with Gasteiger partial charge in [0.1, 0.15) is 11.8 Å². The maximum absolute atomic E-state index is 11.9. The zero-order chi connectivity index (χ0) is 24.4. The highest BCUT2D eigenvalue weighted by atomic mass is 32.1. The third-order valence-electron chi connectivity index (χ3n) is 6.26. The lowest BCUT2D eigenvalue weighted by molar-refractivity contribution is -0.115. The maximum Gasteiger partial charge on any atom is 0.224 e. The third kappa shape index (κ3) is 4.57. The number of amides is 1. The zero-order valence-electron chi connectivity index (χ0n) is 19.6. The molecular weight excluding hydrogens is 458 g/mol. The van der Waals surface area contributed by atoms with E-state index in [1.807, 2.05) is 62.4 Å². The second kappa shape index (κ2) is 9.76. The Hall–Kier alpha value is -3.91. The SMILES string of the molecule is CCC(=O)Nc1ccc(N2C(=S)N[C@@H](c3ccccn3)[C@H]2c2cccn2Cc2ccco2)cc1C. The van der Waals surface area contributed by atoms with Crippen LogP contribution in [0, 0.1) is 6.92 Å². The Balaban J connectivity index is 1.56. The quantitative estimate of drug-likeness (QED) is 0.343. The number of carbonyl (C=O) groups is 1. The molecule has 1 fully saturated rings. The van der Waals surface area contributed by atoms with Crippen molar-refractivity contribution < 1.29 is 9.21 Å². The lowest BCUT2D eigenvalue weighted by Crippen LogP contribution is -2.30. The number of carbonyl (C=O) groups excluding carboxylic acids is 1. The summed E-state index contributed by atoms with van der Waals surface area (Å²) in [6.07, 6.45) is 5.98. The fourth-order valence-electron chi connectivity index (χ4n) is 4.52. The van der Waals surface area contributed by atoms with Gasteiger partial charge in [0.15, 0.2) is 5.11 Å². The Kier molecular flexibility index (Phi) is 6.37. The van der Waals surface area contributed by atoms with Crippen LogP contribution in [0.25, 0.3) is 0 Å². The first-order valence-corrected chi connectivity index (χ1v) is 12.0. The summed E-state index contributed by atoms with van der Waals surface area (Å²) in [5, 5.41) is 7.10. The Morgan fingerprint density at radius 3 is 2.77 bits per heavy atom. The van der Waals surface area contributed by atoms with Gasteiger partial charge in [-0.25, -0.2) is 0 Å². The van der Waals surface area contributed by atoms with Crippen molar-refractivity contribution in [2.24, 2.45) is 0 Å². The highest BCUT2D eigenvalue weighted by Gasteiger charge is 2.42. The summed E-state index contributed by atoms with van der Waals surface area (Å²) in [7, 11) is 0. The molecule has 1 amide bonds. The Morgan fingerprint density at radius 1 is 1.17 bits per heavy atom. The van der Waals surface area contributed by atoms with Gasteiger partial charge in [0.05, 0.1) is 24.5 Å². The van der Waals surface area contributed by atoms with Gasteiger partial charge in [0, 0.05) is 35.9 Å². The van der Waals surface area contributed by atoms with Crippen LogP contribution in [0.1, 0.15) is 48.1 Å². The van der Waals surface area contributed by atoms with Crippen molar-refractivity contribution >= 4 is 34.6 Å². The van der Waals surface area contributed by atoms with E-state index in [0.29, 0.717) is 18.1 Å². The number of nitrogens with one attached hydrogen (secondary N) is 2. The molecule has 2 atom stereocenters. The van der Waals surface area contributed by atoms with Crippen LogP contribution in [-0.2, 0) is 11.3 Å². The van der Waals surface area contributed by atoms with Gasteiger partial charge in [-0.3, -0.25) is 9.78 Å². The van der Waals surface area contributed by atoms with Crippen LogP contribution in [0.5, 0.6) is 0 Å². The predicted molar refractivity (Wildman–Crippen MR) is 140 cm³/mol. The van der Waals surface area contributed by atoms with Crippen molar-refractivity contribution in [3.63, 3.8) is 0 Å². The molecule has 1 aliphatic rings. The molecule has 0 bridgehead atoms. The molecule has 7 nitrogen and oxygen atoms in total. The van der Waals surface area contributed by atoms with Gasteiger partial charge in [0.2, 0.25) is 5.91 Å². The number of pyridine rings is 1. The number of aromatic nitrogens is 2. The molecular formula is C27H27N5O2S. The molecule has 4 heterocycles. The number of thiocarbonyl (C=S) groups is 1. The third-order valence-corrected chi connectivity index (χ3v) is 6.57. The number of nitrogens with zero attached hydrogens (tertiary/aromatic N) is 3. The average molecular weight is 486 g/mol. The van der Waals surface area contributed by atoms with E-state index < -0.39 is 0 Å². The molecule has 1 aliphatic heterocycles. The van der Waals surface area contributed by atoms with Gasteiger partial charge in [-0.15, -0.1) is 0 Å². The molecule has 0 unspecified atom stereocenters. The summed E-state index contributed by atoms with van der Waals surface area (Å²) in [5.74, 6) is 0.867. The molecule has 35 heavy (non-hydrogen) atoms. The minimum absolute atomic E-state index is 0.0111. The number of rotatable bonds is 7. The van der Waals surface area contributed by atoms with Crippen molar-refractivity contribution in [2.45, 2.75) is 38.9 Å². The van der Waals surface area contributed by atoms with Gasteiger partial charge in [-0.1, -0.05) is 13.0 Å². The minimum Gasteiger partial charge on any atom is -0.467 e. The Labute approximate surface area is 209 Å². The van der Waals surface area contributed by atoms with Crippen molar-refractivity contribution in [1.29, 1.82) is 0 Å². The van der Waals surface area contributed by atoms with Gasteiger partial charge < -0.3 is 24.5 Å². The number of furan rings is 1. The molecule has 1 saturated heterocycles. The molecule has 0 saturated carbocycles. The van der Waals surface area contributed by atoms with Gasteiger partial charge in [-0.05, 0) is 79.3 Å². The summed E-state index contributed by atoms with van der Waals surface area (Å²) in [6, 6.07) is 19.7. The van der Waals surface area contributed by atoms with Crippen molar-refractivity contribution in [2.75, 3.05) is 10.2 Å². The van der Waals surface area contributed by atoms with E-state index in [1.54, 1.807) is 12.5 Å². The second-order valence-electron chi connectivity index (χ2n) is 8.54. The van der Waals surface area contributed by atoms with Crippen molar-refractivity contribution in [1.82, 2.24) is 14.9 Å². The molecule has 8 heteroatoms. The van der Waals surface area contributed by atoms with E-state index in [1.165, 1.54) is 0 Å². The maximum atomic E-state index is 11.9. The first-order valence-electron chi connectivity index (χ1n) is 11.6. The van der Waals surface area contributed by atoms with Crippen LogP contribution >= 0.6 is 12.2 Å². The molecule has 0 aliphatic carbocycles. The number of hydrogen-bond donors (Lipinski definition) is 2. The van der Waals surface area contributed by atoms with Crippen LogP contribution in [0.3, 0.4) is 0 Å². The highest BCUT2D eigenvalue weighted by molar-refractivity contribution is 7.80. The normalized spacial score (nSPS) is 17.4. The summed E-state index contributed by atoms with van der Waals surface area (Å²) in [4.78, 5) is 18.7. The lowest BCUT2D eigenvalue weighted by atomic mass is 10.0. The van der Waals surface area contributed by atoms with Gasteiger partial charge in [0.25, 0.3) is 0 Å². The van der Waals surface area contributed by atoms with E-state index in [9.17, 15) is 4.79 Å². The molecule has 0 spiro atoms. The van der Waals surface area contributed by atoms with Crippen molar-refractivity contribution in [3.8, 4) is 0 Å². The van der Waals surface area contributed by atoms with Crippen LogP contribution in [0.4, 0.5) is 11.4 Å². The molecule has 0 radical (unpaired) electrons. The molecule has 178 valence electrons. The van der Waals surface area contributed by atoms with Gasteiger partial charge in [-0.2, -0.15) is 0 Å². The highest BCUT2D eigenvalue weighted by Crippen LogP contribution is 2.42. The zero-order valence-corrected chi connectivity index (χ0v) is 20.5. The van der Waals surface area contributed by atoms with Gasteiger partial charge >= 0.3 is 0 Å². The van der Waals surface area contributed by atoms with E-state index in [0.717, 1.165) is 34.1 Å². The fourth-order valence-corrected chi connectivity index (χ4v) is 4.87. The molecule has 3 aromatic heterocycles. The minimum atomic E-state index is -0.145. The first kappa shape index (κ1) is 22.9. The molecule has 1 aromatic carbocycles. The molecule has 2 N–H and O–H groups in total. The second-order valence-corrected chi connectivity index (χ2v) is 8.92. The Morgan fingerprint density at radius 2 is 2.06 bits per heavy atom. The summed E-state index contributed by atoms with van der Waals surface area (Å²) >= 11 is 5.86. The largest absolute Gasteiger partial charge is 0.467 e. The van der Waals surface area contributed by atoms with Crippen LogP contribution in [-0.4, -0.2) is 20.6 Å². The van der Waals surface area contributed by atoms with Crippen LogP contribution in [0.2, 0.25) is 0 Å². The topological polar surface area (TPSA) is 75.3 Å². The van der Waals surface area contributed by atoms with E-state index in [2.05, 4.69) is 43.4 Å². The lowest BCUT2D eigenvalue weighted by Gasteiger charge is -2.29. The van der Waals surface area contributed by atoms with E-state index in [-0.39, 0.29) is 18.0 Å². The van der Waals surface area contributed by atoms with Crippen LogP contribution in [0.15, 0.2) is 83.7 Å². The number of hydrogen-bond acceptors (Lipinski definition) is 4. The standard InChI is InChI=1S/C27H27N5O2S/c1-3-24(33)29-21-12-11-19(16-18(21)2)32-26(25(30-27(32)35)22-9-4-5-13-28-22)23-10-6-14-31(23)17-20-8-7-15-34-20/h4-16,25-26H,3,17H2,1-2H3,(H,29,33)(H,30,35)/t25-,26+/m0/s1. The van der Waals surface area contributed by atoms with E-state index in [4.69, 9.17) is 16.6 Å². The first-order chi connectivity index (χ1) is 17.0. The van der Waals surface area contributed by atoms with E-state index >= 15 is 0 Å². The Bertz CT molecular complexity index is 1330. The average Bonchev–Trinajstić information content (AvgIpc) is 3.61. The molecule has 5 rings (SSSR count). The number of anilines is 2.